The first-order valence-electron chi connectivity index (χ1n) is 11.2. The number of benzene rings is 1. The van der Waals surface area contributed by atoms with Crippen LogP contribution >= 0.6 is 0 Å². The monoisotopic (exact) mass is 429 g/mol. The number of nitrogens with zero attached hydrogens (tertiary/aromatic N) is 2. The summed E-state index contributed by atoms with van der Waals surface area (Å²) in [5.41, 5.74) is 6.81. The molecular formula is C25H27N5O2. The molecule has 0 bridgehead atoms. The Morgan fingerprint density at radius 3 is 2.91 bits per heavy atom. The predicted molar refractivity (Wildman–Crippen MR) is 125 cm³/mol. The number of aliphatic hydroxyl groups excluding tert-OH is 1. The average molecular weight is 430 g/mol. The van der Waals surface area contributed by atoms with Crippen LogP contribution in [-0.4, -0.2) is 37.6 Å². The second-order valence-corrected chi connectivity index (χ2v) is 8.31. The zero-order valence-corrected chi connectivity index (χ0v) is 18.1. The summed E-state index contributed by atoms with van der Waals surface area (Å²) >= 11 is 0. The highest BCUT2D eigenvalue weighted by Crippen LogP contribution is 2.45. The third kappa shape index (κ3) is 3.91. The van der Waals surface area contributed by atoms with Crippen LogP contribution < -0.4 is 5.32 Å². The standard InChI is InChI=1S/C25H27N5O2/c1-2-21(32)28-17-6-3-5-16(13-17)19-14-27-25-22(19)18(10-11-26-25)24-23(15-8-9-15)29-20(30-24)7-4-12-31/h3,5-6,10-11,13-15,31H,2,4,7-9,12H2,1H3,(H,26,27)(H,28,32)(H,29,30). The summed E-state index contributed by atoms with van der Waals surface area (Å²) in [4.78, 5) is 28.2. The molecule has 0 radical (unpaired) electrons. The Morgan fingerprint density at radius 1 is 1.25 bits per heavy atom. The predicted octanol–water partition coefficient (Wildman–Crippen LogP) is 4.77. The second kappa shape index (κ2) is 8.59. The first-order chi connectivity index (χ1) is 15.7. The highest BCUT2D eigenvalue weighted by atomic mass is 16.2. The van der Waals surface area contributed by atoms with Crippen LogP contribution in [0.2, 0.25) is 0 Å². The lowest BCUT2D eigenvalue weighted by Crippen LogP contribution is -2.09. The molecule has 1 saturated carbocycles. The van der Waals surface area contributed by atoms with Crippen molar-refractivity contribution in [2.45, 2.75) is 44.9 Å². The quantitative estimate of drug-likeness (QED) is 0.324. The smallest absolute Gasteiger partial charge is 0.224 e. The molecule has 5 rings (SSSR count). The van der Waals surface area contributed by atoms with Gasteiger partial charge in [0.15, 0.2) is 0 Å². The molecule has 32 heavy (non-hydrogen) atoms. The van der Waals surface area contributed by atoms with E-state index in [-0.39, 0.29) is 12.5 Å². The Bertz CT molecular complexity index is 1270. The van der Waals surface area contributed by atoms with Crippen molar-refractivity contribution in [3.8, 4) is 22.4 Å². The lowest BCUT2D eigenvalue weighted by atomic mass is 9.99. The highest BCUT2D eigenvalue weighted by Gasteiger charge is 2.30. The minimum atomic E-state index is -0.00978. The van der Waals surface area contributed by atoms with Crippen LogP contribution in [0.1, 0.15) is 50.0 Å². The van der Waals surface area contributed by atoms with Crippen molar-refractivity contribution in [2.75, 3.05) is 11.9 Å². The van der Waals surface area contributed by atoms with E-state index in [0.29, 0.717) is 18.8 Å². The van der Waals surface area contributed by atoms with Crippen LogP contribution in [0.5, 0.6) is 0 Å². The Hall–Kier alpha value is -3.45. The number of carbonyl (C=O) groups excluding carboxylic acids is 1. The number of carbonyl (C=O) groups is 1. The number of anilines is 1. The van der Waals surface area contributed by atoms with Crippen LogP contribution in [0.15, 0.2) is 42.7 Å². The molecule has 0 unspecified atom stereocenters. The van der Waals surface area contributed by atoms with Gasteiger partial charge in [-0.15, -0.1) is 0 Å². The number of fused-ring (bicyclic) bond motifs is 1. The number of pyridine rings is 1. The van der Waals surface area contributed by atoms with Crippen LogP contribution in [0, 0.1) is 0 Å². The highest BCUT2D eigenvalue weighted by molar-refractivity contribution is 6.04. The maximum absolute atomic E-state index is 11.9. The Morgan fingerprint density at radius 2 is 2.12 bits per heavy atom. The van der Waals surface area contributed by atoms with E-state index in [2.05, 4.69) is 20.3 Å². The number of hydrogen-bond donors (Lipinski definition) is 4. The number of aliphatic hydroxyl groups is 1. The van der Waals surface area contributed by atoms with E-state index in [4.69, 9.17) is 4.98 Å². The molecule has 1 aliphatic rings. The van der Waals surface area contributed by atoms with Gasteiger partial charge in [-0.2, -0.15) is 0 Å². The molecule has 4 N–H and O–H groups in total. The maximum atomic E-state index is 11.9. The number of rotatable bonds is 8. The largest absolute Gasteiger partial charge is 0.396 e. The van der Waals surface area contributed by atoms with Crippen molar-refractivity contribution >= 4 is 22.6 Å². The van der Waals surface area contributed by atoms with E-state index in [9.17, 15) is 9.90 Å². The molecule has 7 heteroatoms. The maximum Gasteiger partial charge on any atom is 0.224 e. The van der Waals surface area contributed by atoms with E-state index in [1.165, 1.54) is 18.5 Å². The molecule has 1 fully saturated rings. The van der Waals surface area contributed by atoms with Crippen molar-refractivity contribution in [3.05, 3.63) is 54.2 Å². The number of H-pyrrole nitrogens is 2. The first kappa shape index (κ1) is 20.5. The van der Waals surface area contributed by atoms with Gasteiger partial charge in [0.2, 0.25) is 5.91 Å². The number of amides is 1. The SMILES string of the molecule is CCC(=O)Nc1cccc(-c2c[nH]c3nccc(-c4nc(CCCO)[nH]c4C4CC4)c23)c1. The number of hydrogen-bond acceptors (Lipinski definition) is 4. The average Bonchev–Trinajstić information content (AvgIpc) is 3.42. The van der Waals surface area contributed by atoms with E-state index in [1.54, 1.807) is 0 Å². The topological polar surface area (TPSA) is 107 Å². The van der Waals surface area contributed by atoms with Crippen molar-refractivity contribution in [1.82, 2.24) is 19.9 Å². The van der Waals surface area contributed by atoms with Gasteiger partial charge in [0, 0.05) is 65.7 Å². The molecule has 0 spiro atoms. The number of aromatic amines is 2. The number of imidazole rings is 1. The summed E-state index contributed by atoms with van der Waals surface area (Å²) in [6, 6.07) is 9.91. The molecule has 1 amide bonds. The van der Waals surface area contributed by atoms with Gasteiger partial charge in [0.05, 0.1) is 5.69 Å². The minimum absolute atomic E-state index is 0.00978. The van der Waals surface area contributed by atoms with Gasteiger partial charge in [0.25, 0.3) is 0 Å². The third-order valence-corrected chi connectivity index (χ3v) is 5.95. The van der Waals surface area contributed by atoms with E-state index in [0.717, 1.165) is 51.4 Å². The summed E-state index contributed by atoms with van der Waals surface area (Å²) in [7, 11) is 0. The Balaban J connectivity index is 1.62. The minimum Gasteiger partial charge on any atom is -0.396 e. The van der Waals surface area contributed by atoms with Gasteiger partial charge in [-0.1, -0.05) is 19.1 Å². The summed E-state index contributed by atoms with van der Waals surface area (Å²) < 4.78 is 0. The molecule has 0 aliphatic heterocycles. The fraction of sp³-hybridized carbons (Fsp3) is 0.320. The molecule has 0 saturated heterocycles. The van der Waals surface area contributed by atoms with Crippen molar-refractivity contribution in [2.24, 2.45) is 0 Å². The zero-order valence-electron chi connectivity index (χ0n) is 18.1. The molecule has 1 aromatic carbocycles. The zero-order chi connectivity index (χ0) is 22.1. The van der Waals surface area contributed by atoms with Gasteiger partial charge < -0.3 is 20.4 Å². The first-order valence-corrected chi connectivity index (χ1v) is 11.2. The lowest BCUT2D eigenvalue weighted by Gasteiger charge is -2.08. The van der Waals surface area contributed by atoms with Gasteiger partial charge in [-0.05, 0) is 43.0 Å². The molecule has 3 aromatic heterocycles. The van der Waals surface area contributed by atoms with Crippen LogP contribution in [0.25, 0.3) is 33.4 Å². The van der Waals surface area contributed by atoms with Gasteiger partial charge in [0.1, 0.15) is 11.5 Å². The van der Waals surface area contributed by atoms with E-state index < -0.39 is 0 Å². The molecule has 4 aromatic rings. The molecule has 0 atom stereocenters. The van der Waals surface area contributed by atoms with E-state index in [1.807, 2.05) is 49.6 Å². The summed E-state index contributed by atoms with van der Waals surface area (Å²) in [6.07, 6.45) is 7.97. The van der Waals surface area contributed by atoms with Gasteiger partial charge >= 0.3 is 0 Å². The van der Waals surface area contributed by atoms with Gasteiger partial charge in [-0.25, -0.2) is 9.97 Å². The fourth-order valence-electron chi connectivity index (χ4n) is 4.17. The van der Waals surface area contributed by atoms with Gasteiger partial charge in [-0.3, -0.25) is 4.79 Å². The second-order valence-electron chi connectivity index (χ2n) is 8.31. The molecule has 3 heterocycles. The number of aryl methyl sites for hydroxylation is 1. The van der Waals surface area contributed by atoms with Crippen molar-refractivity contribution in [1.29, 1.82) is 0 Å². The van der Waals surface area contributed by atoms with E-state index >= 15 is 0 Å². The van der Waals surface area contributed by atoms with Crippen LogP contribution in [0.4, 0.5) is 5.69 Å². The van der Waals surface area contributed by atoms with Crippen LogP contribution in [0.3, 0.4) is 0 Å². The summed E-state index contributed by atoms with van der Waals surface area (Å²) in [6.45, 7) is 1.99. The van der Waals surface area contributed by atoms with Crippen molar-refractivity contribution < 1.29 is 9.90 Å². The molecular weight excluding hydrogens is 402 g/mol. The van der Waals surface area contributed by atoms with Crippen LogP contribution in [-0.2, 0) is 11.2 Å². The third-order valence-electron chi connectivity index (χ3n) is 5.95. The summed E-state index contributed by atoms with van der Waals surface area (Å²) in [5, 5.41) is 13.2. The van der Waals surface area contributed by atoms with Crippen molar-refractivity contribution in [3.63, 3.8) is 0 Å². The Kier molecular flexibility index (Phi) is 5.49. The molecule has 7 nitrogen and oxygen atoms in total. The lowest BCUT2D eigenvalue weighted by molar-refractivity contribution is -0.115. The summed E-state index contributed by atoms with van der Waals surface area (Å²) in [5.74, 6) is 1.42. The molecule has 164 valence electrons. The Labute approximate surface area is 186 Å². The number of aromatic nitrogens is 4. The number of nitrogens with one attached hydrogen (secondary N) is 3. The normalized spacial score (nSPS) is 13.6. The molecule has 1 aliphatic carbocycles. The fourth-order valence-corrected chi connectivity index (χ4v) is 4.17.